The zero-order valence-electron chi connectivity index (χ0n) is 14.7. The van der Waals surface area contributed by atoms with Gasteiger partial charge in [0, 0.05) is 0 Å². The van der Waals surface area contributed by atoms with E-state index in [0.29, 0.717) is 0 Å². The first-order valence-electron chi connectivity index (χ1n) is 9.02. The van der Waals surface area contributed by atoms with E-state index in [4.69, 9.17) is 0 Å². The minimum atomic E-state index is 0.873. The van der Waals surface area contributed by atoms with E-state index in [2.05, 4.69) is 41.5 Å². The fraction of sp³-hybridized carbons (Fsp3) is 1.00. The molecule has 0 spiro atoms. The molecule has 0 aliphatic carbocycles. The average molecular weight is 269 g/mol. The van der Waals surface area contributed by atoms with Crippen molar-refractivity contribution >= 4 is 0 Å². The van der Waals surface area contributed by atoms with Gasteiger partial charge in [0.05, 0.1) is 0 Å². The van der Waals surface area contributed by atoms with Crippen molar-refractivity contribution in [2.24, 2.45) is 23.7 Å². The number of hydrogen-bond donors (Lipinski definition) is 0. The van der Waals surface area contributed by atoms with E-state index in [-0.39, 0.29) is 0 Å². The maximum atomic E-state index is 2.41. The minimum Gasteiger partial charge on any atom is -0.0654 e. The zero-order chi connectivity index (χ0) is 14.7. The summed E-state index contributed by atoms with van der Waals surface area (Å²) in [6, 6.07) is 0. The molecule has 0 saturated heterocycles. The lowest BCUT2D eigenvalue weighted by Gasteiger charge is -2.21. The summed E-state index contributed by atoms with van der Waals surface area (Å²) in [5.41, 5.74) is 0. The molecule has 116 valence electrons. The molecule has 0 radical (unpaired) electrons. The van der Waals surface area contributed by atoms with Crippen LogP contribution in [0.2, 0.25) is 0 Å². The summed E-state index contributed by atoms with van der Waals surface area (Å²) in [6.45, 7) is 14.2. The van der Waals surface area contributed by atoms with Crippen LogP contribution in [0.4, 0.5) is 0 Å². The van der Waals surface area contributed by atoms with E-state index in [0.717, 1.165) is 23.7 Å². The second-order valence-electron chi connectivity index (χ2n) is 7.20. The van der Waals surface area contributed by atoms with Crippen molar-refractivity contribution in [1.82, 2.24) is 0 Å². The molecule has 19 heavy (non-hydrogen) atoms. The molecule has 0 amide bonds. The van der Waals surface area contributed by atoms with Gasteiger partial charge in [-0.1, -0.05) is 99.3 Å². The van der Waals surface area contributed by atoms with Crippen LogP contribution in [0, 0.1) is 23.7 Å². The highest BCUT2D eigenvalue weighted by Crippen LogP contribution is 2.26. The Morgan fingerprint density at radius 2 is 1.05 bits per heavy atom. The van der Waals surface area contributed by atoms with Crippen LogP contribution in [0.25, 0.3) is 0 Å². The summed E-state index contributed by atoms with van der Waals surface area (Å²) in [6.07, 6.45) is 12.9. The van der Waals surface area contributed by atoms with E-state index >= 15 is 0 Å². The Bertz CT molecular complexity index is 180. The second kappa shape index (κ2) is 11.8. The topological polar surface area (TPSA) is 0 Å². The van der Waals surface area contributed by atoms with Crippen molar-refractivity contribution in [2.45, 2.75) is 99.3 Å². The van der Waals surface area contributed by atoms with Crippen LogP contribution in [0.5, 0.6) is 0 Å². The quantitative estimate of drug-likeness (QED) is 0.332. The van der Waals surface area contributed by atoms with E-state index in [1.165, 1.54) is 57.8 Å². The van der Waals surface area contributed by atoms with Crippen LogP contribution in [0.1, 0.15) is 99.3 Å². The maximum absolute atomic E-state index is 2.41. The first kappa shape index (κ1) is 19.0. The Morgan fingerprint density at radius 1 is 0.579 bits per heavy atom. The highest BCUT2D eigenvalue weighted by atomic mass is 14.2. The summed E-state index contributed by atoms with van der Waals surface area (Å²) in [5, 5.41) is 0. The molecule has 0 aromatic rings. The molecule has 2 atom stereocenters. The SMILES string of the molecule is CCCCC(CCCCCC(CC)C(C)C)C(C)C. The molecular formula is C19H40. The first-order valence-corrected chi connectivity index (χ1v) is 9.02. The fourth-order valence-electron chi connectivity index (χ4n) is 3.28. The molecule has 0 heteroatoms. The van der Waals surface area contributed by atoms with Gasteiger partial charge in [0.1, 0.15) is 0 Å². The molecule has 0 aliphatic heterocycles. The van der Waals surface area contributed by atoms with Crippen molar-refractivity contribution < 1.29 is 0 Å². The fourth-order valence-corrected chi connectivity index (χ4v) is 3.28. The van der Waals surface area contributed by atoms with Crippen LogP contribution >= 0.6 is 0 Å². The Kier molecular flexibility index (Phi) is 11.8. The molecule has 0 fully saturated rings. The molecule has 0 heterocycles. The van der Waals surface area contributed by atoms with Gasteiger partial charge < -0.3 is 0 Å². The van der Waals surface area contributed by atoms with E-state index in [1.807, 2.05) is 0 Å². The smallest absolute Gasteiger partial charge is 0.0391 e. The number of rotatable bonds is 12. The average Bonchev–Trinajstić information content (AvgIpc) is 2.36. The van der Waals surface area contributed by atoms with Crippen molar-refractivity contribution in [3.8, 4) is 0 Å². The predicted molar refractivity (Wildman–Crippen MR) is 89.6 cm³/mol. The summed E-state index contributed by atoms with van der Waals surface area (Å²) in [7, 11) is 0. The normalized spacial score (nSPS) is 15.2. The third-order valence-electron chi connectivity index (χ3n) is 4.99. The third-order valence-corrected chi connectivity index (χ3v) is 4.99. The zero-order valence-corrected chi connectivity index (χ0v) is 14.7. The summed E-state index contributed by atoms with van der Waals surface area (Å²) in [5.74, 6) is 3.69. The number of hydrogen-bond acceptors (Lipinski definition) is 0. The highest BCUT2D eigenvalue weighted by molar-refractivity contribution is 4.65. The molecule has 0 saturated carbocycles. The molecular weight excluding hydrogens is 228 g/mol. The summed E-state index contributed by atoms with van der Waals surface area (Å²) >= 11 is 0. The van der Waals surface area contributed by atoms with E-state index in [1.54, 1.807) is 0 Å². The third kappa shape index (κ3) is 9.52. The molecule has 2 unspecified atom stereocenters. The molecule has 0 N–H and O–H groups in total. The Morgan fingerprint density at radius 3 is 1.47 bits per heavy atom. The summed E-state index contributed by atoms with van der Waals surface area (Å²) < 4.78 is 0. The van der Waals surface area contributed by atoms with Crippen molar-refractivity contribution in [2.75, 3.05) is 0 Å². The molecule has 0 aromatic heterocycles. The molecule has 0 aromatic carbocycles. The maximum Gasteiger partial charge on any atom is -0.0391 e. The highest BCUT2D eigenvalue weighted by Gasteiger charge is 2.13. The predicted octanol–water partition coefficient (Wildman–Crippen LogP) is 7.08. The lowest BCUT2D eigenvalue weighted by atomic mass is 9.85. The number of unbranched alkanes of at least 4 members (excludes halogenated alkanes) is 3. The monoisotopic (exact) mass is 268 g/mol. The van der Waals surface area contributed by atoms with Crippen molar-refractivity contribution in [3.05, 3.63) is 0 Å². The molecule has 0 aliphatic rings. The van der Waals surface area contributed by atoms with Gasteiger partial charge in [-0.3, -0.25) is 0 Å². The van der Waals surface area contributed by atoms with Crippen molar-refractivity contribution in [3.63, 3.8) is 0 Å². The lowest BCUT2D eigenvalue weighted by Crippen LogP contribution is -2.09. The van der Waals surface area contributed by atoms with Gasteiger partial charge in [0.15, 0.2) is 0 Å². The van der Waals surface area contributed by atoms with Crippen LogP contribution in [-0.2, 0) is 0 Å². The molecule has 0 nitrogen and oxygen atoms in total. The van der Waals surface area contributed by atoms with Gasteiger partial charge in [-0.15, -0.1) is 0 Å². The summed E-state index contributed by atoms with van der Waals surface area (Å²) in [4.78, 5) is 0. The van der Waals surface area contributed by atoms with Gasteiger partial charge in [-0.25, -0.2) is 0 Å². The van der Waals surface area contributed by atoms with Crippen molar-refractivity contribution in [1.29, 1.82) is 0 Å². The Balaban J connectivity index is 3.70. The lowest BCUT2D eigenvalue weighted by molar-refractivity contribution is 0.305. The Hall–Kier alpha value is 0. The van der Waals surface area contributed by atoms with Gasteiger partial charge in [-0.05, 0) is 23.7 Å². The van der Waals surface area contributed by atoms with Crippen LogP contribution < -0.4 is 0 Å². The van der Waals surface area contributed by atoms with E-state index in [9.17, 15) is 0 Å². The van der Waals surface area contributed by atoms with Gasteiger partial charge in [-0.2, -0.15) is 0 Å². The molecule has 0 rings (SSSR count). The largest absolute Gasteiger partial charge is 0.0654 e. The van der Waals surface area contributed by atoms with Crippen LogP contribution in [-0.4, -0.2) is 0 Å². The standard InChI is InChI=1S/C19H40/c1-7-9-13-19(17(5)6)15-12-10-11-14-18(8-2)16(3)4/h16-19H,7-15H2,1-6H3. The Labute approximate surface area is 123 Å². The first-order chi connectivity index (χ1) is 9.02. The van der Waals surface area contributed by atoms with E-state index < -0.39 is 0 Å². The van der Waals surface area contributed by atoms with Crippen LogP contribution in [0.15, 0.2) is 0 Å². The van der Waals surface area contributed by atoms with Gasteiger partial charge in [0.25, 0.3) is 0 Å². The van der Waals surface area contributed by atoms with Gasteiger partial charge in [0.2, 0.25) is 0 Å². The van der Waals surface area contributed by atoms with Gasteiger partial charge >= 0.3 is 0 Å². The van der Waals surface area contributed by atoms with Crippen LogP contribution in [0.3, 0.4) is 0 Å². The minimum absolute atomic E-state index is 0.873. The second-order valence-corrected chi connectivity index (χ2v) is 7.20. The molecule has 0 bridgehead atoms.